The van der Waals surface area contributed by atoms with E-state index in [4.69, 9.17) is 0 Å². The molecule has 0 bridgehead atoms. The second-order valence-corrected chi connectivity index (χ2v) is 13.3. The minimum absolute atomic E-state index is 0.137. The van der Waals surface area contributed by atoms with Crippen LogP contribution in [0.4, 0.5) is 0 Å². The van der Waals surface area contributed by atoms with Gasteiger partial charge in [-0.1, -0.05) is 81.0 Å². The zero-order chi connectivity index (χ0) is 17.6. The van der Waals surface area contributed by atoms with Gasteiger partial charge in [-0.3, -0.25) is 4.79 Å². The number of rotatable bonds is 6. The van der Waals surface area contributed by atoms with E-state index in [1.807, 2.05) is 12.1 Å². The molecule has 1 aromatic carbocycles. The van der Waals surface area contributed by atoms with Crippen molar-refractivity contribution in [2.45, 2.75) is 65.1 Å². The Hall–Kier alpha value is -1.41. The SMILES string of the molecule is CC(=O)c1ccc(/C(=C/C2CCCCC2)C/C=C/[Si](C)(C)C)cc1. The first-order valence-corrected chi connectivity index (χ1v) is 12.9. The Balaban J connectivity index is 2.22. The maximum atomic E-state index is 11.5. The van der Waals surface area contributed by atoms with Crippen LogP contribution in [0.15, 0.2) is 42.1 Å². The molecule has 2 heteroatoms. The molecule has 0 aromatic heterocycles. The number of hydrogen-bond acceptors (Lipinski definition) is 1. The maximum Gasteiger partial charge on any atom is 0.159 e. The lowest BCUT2D eigenvalue weighted by Crippen LogP contribution is -2.15. The molecule has 1 saturated carbocycles. The van der Waals surface area contributed by atoms with Gasteiger partial charge in [-0.25, -0.2) is 0 Å². The van der Waals surface area contributed by atoms with Crippen LogP contribution in [-0.4, -0.2) is 13.9 Å². The van der Waals surface area contributed by atoms with Crippen molar-refractivity contribution in [3.63, 3.8) is 0 Å². The molecule has 0 atom stereocenters. The fraction of sp³-hybridized carbons (Fsp3) is 0.500. The van der Waals surface area contributed by atoms with Gasteiger partial charge in [-0.05, 0) is 43.2 Å². The predicted octanol–water partition coefficient (Wildman–Crippen LogP) is 6.68. The number of benzene rings is 1. The largest absolute Gasteiger partial charge is 0.295 e. The lowest BCUT2D eigenvalue weighted by atomic mass is 9.86. The Bertz CT molecular complexity index is 596. The van der Waals surface area contributed by atoms with E-state index in [-0.39, 0.29) is 5.78 Å². The molecule has 130 valence electrons. The van der Waals surface area contributed by atoms with Crippen LogP contribution in [0, 0.1) is 5.92 Å². The van der Waals surface area contributed by atoms with Gasteiger partial charge in [0.1, 0.15) is 0 Å². The average molecular weight is 341 g/mol. The number of ketones is 1. The summed E-state index contributed by atoms with van der Waals surface area (Å²) < 4.78 is 0. The standard InChI is InChI=1S/C22H32OSi/c1-18(23)20-12-14-21(15-13-20)22(11-8-16-24(2,3)4)17-19-9-6-5-7-10-19/h8,12-17,19H,5-7,9-11H2,1-4H3/b16-8+,22-17+. The van der Waals surface area contributed by atoms with Crippen molar-refractivity contribution < 1.29 is 4.79 Å². The molecule has 0 radical (unpaired) electrons. The smallest absolute Gasteiger partial charge is 0.159 e. The van der Waals surface area contributed by atoms with Crippen LogP contribution in [0.1, 0.15) is 61.4 Å². The van der Waals surface area contributed by atoms with Crippen molar-refractivity contribution in [2.24, 2.45) is 5.92 Å². The van der Waals surface area contributed by atoms with Gasteiger partial charge in [0.15, 0.2) is 5.78 Å². The third-order valence-corrected chi connectivity index (χ3v) is 5.94. The Labute approximate surface area is 148 Å². The highest BCUT2D eigenvalue weighted by atomic mass is 28.3. The Morgan fingerprint density at radius 3 is 2.17 bits per heavy atom. The molecule has 1 aliphatic rings. The van der Waals surface area contributed by atoms with Gasteiger partial charge >= 0.3 is 0 Å². The first-order valence-electron chi connectivity index (χ1n) is 9.35. The highest BCUT2D eigenvalue weighted by Crippen LogP contribution is 2.30. The van der Waals surface area contributed by atoms with Crippen molar-refractivity contribution in [3.8, 4) is 0 Å². The molecule has 0 heterocycles. The van der Waals surface area contributed by atoms with Crippen LogP contribution in [0.3, 0.4) is 0 Å². The van der Waals surface area contributed by atoms with Gasteiger partial charge in [0.25, 0.3) is 0 Å². The fourth-order valence-corrected chi connectivity index (χ4v) is 4.15. The lowest BCUT2D eigenvalue weighted by Gasteiger charge is -2.20. The highest BCUT2D eigenvalue weighted by Gasteiger charge is 2.13. The number of carbonyl (C=O) groups excluding carboxylic acids is 1. The van der Waals surface area contributed by atoms with Gasteiger partial charge in [-0.15, -0.1) is 0 Å². The van der Waals surface area contributed by atoms with Crippen LogP contribution in [-0.2, 0) is 0 Å². The lowest BCUT2D eigenvalue weighted by molar-refractivity contribution is 0.101. The van der Waals surface area contributed by atoms with Crippen molar-refractivity contribution >= 4 is 19.4 Å². The van der Waals surface area contributed by atoms with Crippen LogP contribution in [0.5, 0.6) is 0 Å². The number of allylic oxidation sites excluding steroid dienone is 3. The molecule has 1 aromatic rings. The topological polar surface area (TPSA) is 17.1 Å². The molecule has 1 fully saturated rings. The molecule has 1 nitrogen and oxygen atoms in total. The second-order valence-electron chi connectivity index (χ2n) is 8.20. The zero-order valence-electron chi connectivity index (χ0n) is 15.8. The Morgan fingerprint density at radius 2 is 1.62 bits per heavy atom. The molecule has 0 unspecified atom stereocenters. The summed E-state index contributed by atoms with van der Waals surface area (Å²) in [4.78, 5) is 11.5. The van der Waals surface area contributed by atoms with E-state index >= 15 is 0 Å². The summed E-state index contributed by atoms with van der Waals surface area (Å²) in [7, 11) is -1.15. The van der Waals surface area contributed by atoms with E-state index < -0.39 is 8.07 Å². The Morgan fingerprint density at radius 1 is 1.04 bits per heavy atom. The summed E-state index contributed by atoms with van der Waals surface area (Å²) >= 11 is 0. The monoisotopic (exact) mass is 340 g/mol. The molecule has 2 rings (SSSR count). The number of carbonyl (C=O) groups is 1. The van der Waals surface area contributed by atoms with Crippen LogP contribution in [0.25, 0.3) is 5.57 Å². The summed E-state index contributed by atoms with van der Waals surface area (Å²) in [5.74, 6) is 0.861. The summed E-state index contributed by atoms with van der Waals surface area (Å²) in [6.07, 6.45) is 12.6. The molecule has 0 amide bonds. The van der Waals surface area contributed by atoms with Gasteiger partial charge in [-0.2, -0.15) is 0 Å². The molecular weight excluding hydrogens is 308 g/mol. The van der Waals surface area contributed by atoms with Crippen molar-refractivity contribution in [3.05, 3.63) is 53.2 Å². The zero-order valence-corrected chi connectivity index (χ0v) is 16.8. The molecule has 0 N–H and O–H groups in total. The van der Waals surface area contributed by atoms with Crippen LogP contribution in [0.2, 0.25) is 19.6 Å². The van der Waals surface area contributed by atoms with Crippen molar-refractivity contribution in [2.75, 3.05) is 0 Å². The number of hydrogen-bond donors (Lipinski definition) is 0. The van der Waals surface area contributed by atoms with Gasteiger partial charge in [0, 0.05) is 5.56 Å². The number of Topliss-reactive ketones (excluding diaryl/α,β-unsaturated/α-hetero) is 1. The van der Waals surface area contributed by atoms with E-state index in [1.165, 1.54) is 43.2 Å². The second kappa shape index (κ2) is 8.62. The average Bonchev–Trinajstić information content (AvgIpc) is 2.54. The quantitative estimate of drug-likeness (QED) is 0.417. The summed E-state index contributed by atoms with van der Waals surface area (Å²) in [6.45, 7) is 8.74. The predicted molar refractivity (Wildman–Crippen MR) is 108 cm³/mol. The van der Waals surface area contributed by atoms with E-state index in [0.717, 1.165) is 17.9 Å². The summed E-state index contributed by atoms with van der Waals surface area (Å²) in [5.41, 5.74) is 5.93. The van der Waals surface area contributed by atoms with Crippen LogP contribution < -0.4 is 0 Å². The Kier molecular flexibility index (Phi) is 6.79. The minimum atomic E-state index is -1.15. The summed E-state index contributed by atoms with van der Waals surface area (Å²) in [5, 5.41) is 0. The van der Waals surface area contributed by atoms with Gasteiger partial charge in [0.05, 0.1) is 8.07 Å². The van der Waals surface area contributed by atoms with Crippen molar-refractivity contribution in [1.82, 2.24) is 0 Å². The van der Waals surface area contributed by atoms with E-state index in [9.17, 15) is 4.79 Å². The van der Waals surface area contributed by atoms with Crippen molar-refractivity contribution in [1.29, 1.82) is 0 Å². The maximum absolute atomic E-state index is 11.5. The third kappa shape index (κ3) is 6.24. The van der Waals surface area contributed by atoms with E-state index in [2.05, 4.69) is 49.6 Å². The fourth-order valence-electron chi connectivity index (χ4n) is 3.33. The highest BCUT2D eigenvalue weighted by molar-refractivity contribution is 6.80. The molecule has 0 aliphatic heterocycles. The summed E-state index contributed by atoms with van der Waals surface area (Å²) in [6, 6.07) is 8.17. The van der Waals surface area contributed by atoms with E-state index in [0.29, 0.717) is 0 Å². The van der Waals surface area contributed by atoms with Crippen LogP contribution >= 0.6 is 0 Å². The molecule has 0 saturated heterocycles. The first-order chi connectivity index (χ1) is 11.3. The molecule has 0 spiro atoms. The van der Waals surface area contributed by atoms with E-state index in [1.54, 1.807) is 6.92 Å². The molecule has 1 aliphatic carbocycles. The third-order valence-electron chi connectivity index (χ3n) is 4.70. The minimum Gasteiger partial charge on any atom is -0.295 e. The molecule has 24 heavy (non-hydrogen) atoms. The molecular formula is C22H32OSi. The first kappa shape index (κ1) is 18.9. The van der Waals surface area contributed by atoms with Gasteiger partial charge < -0.3 is 0 Å². The van der Waals surface area contributed by atoms with Gasteiger partial charge in [0.2, 0.25) is 0 Å². The normalized spacial score (nSPS) is 17.4.